The van der Waals surface area contributed by atoms with Crippen LogP contribution in [0.15, 0.2) is 12.1 Å². The Morgan fingerprint density at radius 2 is 2.10 bits per heavy atom. The van der Waals surface area contributed by atoms with Gasteiger partial charge >= 0.3 is 5.97 Å². The van der Waals surface area contributed by atoms with Gasteiger partial charge in [-0.2, -0.15) is 0 Å². The molecule has 2 unspecified atom stereocenters. The molecule has 116 valence electrons. The first kappa shape index (κ1) is 16.1. The summed E-state index contributed by atoms with van der Waals surface area (Å²) in [6.07, 6.45) is 0.551. The van der Waals surface area contributed by atoms with Crippen molar-refractivity contribution in [2.75, 3.05) is 13.7 Å². The van der Waals surface area contributed by atoms with Crippen molar-refractivity contribution in [3.63, 3.8) is 0 Å². The topological polar surface area (TPSA) is 58.6 Å². The summed E-state index contributed by atoms with van der Waals surface area (Å²) in [5.74, 6) is -0.325. The zero-order valence-corrected chi connectivity index (χ0v) is 13.6. The minimum atomic E-state index is -0.762. The largest absolute Gasteiger partial charge is 0.496 e. The normalized spacial score (nSPS) is 22.3. The second-order valence-corrected chi connectivity index (χ2v) is 6.99. The lowest BCUT2D eigenvalue weighted by Gasteiger charge is -2.26. The van der Waals surface area contributed by atoms with E-state index in [0.29, 0.717) is 18.0 Å². The molecule has 1 saturated heterocycles. The first-order chi connectivity index (χ1) is 9.74. The van der Waals surface area contributed by atoms with Crippen LogP contribution < -0.4 is 10.1 Å². The Kier molecular flexibility index (Phi) is 4.49. The molecule has 0 amide bonds. The number of carboxylic acid groups (broad SMARTS) is 1. The number of methoxy groups -OCH3 is 1. The van der Waals surface area contributed by atoms with E-state index >= 15 is 0 Å². The first-order valence-electron chi connectivity index (χ1n) is 7.08. The fourth-order valence-electron chi connectivity index (χ4n) is 2.82. The maximum absolute atomic E-state index is 11.1. The van der Waals surface area contributed by atoms with Crippen LogP contribution in [-0.4, -0.2) is 24.7 Å². The van der Waals surface area contributed by atoms with Crippen LogP contribution in [0.25, 0.3) is 0 Å². The van der Waals surface area contributed by atoms with Crippen LogP contribution in [0.3, 0.4) is 0 Å². The van der Waals surface area contributed by atoms with Gasteiger partial charge in [-0.25, -0.2) is 0 Å². The van der Waals surface area contributed by atoms with Crippen molar-refractivity contribution >= 4 is 17.6 Å². The van der Waals surface area contributed by atoms with E-state index in [4.69, 9.17) is 21.4 Å². The fraction of sp³-hybridized carbons (Fsp3) is 0.562. The maximum atomic E-state index is 11.1. The van der Waals surface area contributed by atoms with Gasteiger partial charge in [-0.1, -0.05) is 32.4 Å². The number of hydrogen-bond donors (Lipinski definition) is 2. The minimum Gasteiger partial charge on any atom is -0.496 e. The van der Waals surface area contributed by atoms with E-state index in [1.54, 1.807) is 7.11 Å². The molecule has 1 aliphatic heterocycles. The zero-order valence-electron chi connectivity index (χ0n) is 12.9. The van der Waals surface area contributed by atoms with Crippen molar-refractivity contribution in [2.24, 2.45) is 5.92 Å². The van der Waals surface area contributed by atoms with Crippen LogP contribution in [0, 0.1) is 5.92 Å². The highest BCUT2D eigenvalue weighted by molar-refractivity contribution is 6.30. The Labute approximate surface area is 130 Å². The molecule has 21 heavy (non-hydrogen) atoms. The number of aliphatic carboxylic acids is 1. The Morgan fingerprint density at radius 3 is 2.57 bits per heavy atom. The number of halogens is 1. The summed E-state index contributed by atoms with van der Waals surface area (Å²) in [5, 5.41) is 13.1. The Hall–Kier alpha value is -1.26. The van der Waals surface area contributed by atoms with Gasteiger partial charge in [0.1, 0.15) is 5.75 Å². The van der Waals surface area contributed by atoms with E-state index in [1.807, 2.05) is 12.1 Å². The summed E-state index contributed by atoms with van der Waals surface area (Å²) in [4.78, 5) is 11.1. The highest BCUT2D eigenvalue weighted by Gasteiger charge is 2.33. The Bertz CT molecular complexity index is 551. The van der Waals surface area contributed by atoms with Crippen molar-refractivity contribution in [1.82, 2.24) is 5.32 Å². The van der Waals surface area contributed by atoms with Gasteiger partial charge in [0.15, 0.2) is 0 Å². The highest BCUT2D eigenvalue weighted by Crippen LogP contribution is 2.41. The highest BCUT2D eigenvalue weighted by atomic mass is 35.5. The molecule has 1 aromatic carbocycles. The van der Waals surface area contributed by atoms with Crippen molar-refractivity contribution in [2.45, 2.75) is 38.6 Å². The van der Waals surface area contributed by atoms with Gasteiger partial charge in [-0.3, -0.25) is 4.79 Å². The standard InChI is InChI=1S/C16H22ClNO3/c1-16(2,3)12-7-10(17)6-11(14(12)21-4)13-5-9(8-18-13)15(19)20/h6-7,9,13,18H,5,8H2,1-4H3,(H,19,20). The molecule has 5 heteroatoms. The van der Waals surface area contributed by atoms with Gasteiger partial charge in [0.25, 0.3) is 0 Å². The molecular weight excluding hydrogens is 290 g/mol. The summed E-state index contributed by atoms with van der Waals surface area (Å²) < 4.78 is 5.62. The van der Waals surface area contributed by atoms with Gasteiger partial charge < -0.3 is 15.2 Å². The van der Waals surface area contributed by atoms with E-state index < -0.39 is 5.97 Å². The Morgan fingerprint density at radius 1 is 1.43 bits per heavy atom. The molecule has 0 aromatic heterocycles. The average Bonchev–Trinajstić information content (AvgIpc) is 2.86. The van der Waals surface area contributed by atoms with Gasteiger partial charge in [-0.15, -0.1) is 0 Å². The zero-order chi connectivity index (χ0) is 15.8. The molecule has 1 aromatic rings. The van der Waals surface area contributed by atoms with Gasteiger partial charge in [0.05, 0.1) is 13.0 Å². The summed E-state index contributed by atoms with van der Waals surface area (Å²) in [5.41, 5.74) is 1.88. The molecule has 1 heterocycles. The number of ether oxygens (including phenoxy) is 1. The SMILES string of the molecule is COc1c(C2CC(C(=O)O)CN2)cc(Cl)cc1C(C)(C)C. The molecule has 2 atom stereocenters. The minimum absolute atomic E-state index is 0.0409. The van der Waals surface area contributed by atoms with Gasteiger partial charge in [-0.05, 0) is 24.0 Å². The van der Waals surface area contributed by atoms with Crippen molar-refractivity contribution < 1.29 is 14.6 Å². The predicted octanol–water partition coefficient (Wildman–Crippen LogP) is 3.38. The molecule has 0 saturated carbocycles. The molecule has 0 aliphatic carbocycles. The van der Waals surface area contributed by atoms with E-state index in [0.717, 1.165) is 16.9 Å². The molecule has 0 spiro atoms. The van der Waals surface area contributed by atoms with Gasteiger partial charge in [0, 0.05) is 28.7 Å². The molecule has 1 aliphatic rings. The molecule has 2 rings (SSSR count). The quantitative estimate of drug-likeness (QED) is 0.898. The summed E-state index contributed by atoms with van der Waals surface area (Å²) in [6, 6.07) is 3.76. The number of carboxylic acids is 1. The predicted molar refractivity (Wildman–Crippen MR) is 83.2 cm³/mol. The third-order valence-electron chi connectivity index (χ3n) is 3.95. The van der Waals surface area contributed by atoms with E-state index in [-0.39, 0.29) is 17.4 Å². The smallest absolute Gasteiger partial charge is 0.307 e. The third kappa shape index (κ3) is 3.33. The first-order valence-corrected chi connectivity index (χ1v) is 7.46. The van der Waals surface area contributed by atoms with Crippen LogP contribution in [0.1, 0.15) is 44.4 Å². The number of nitrogens with one attached hydrogen (secondary N) is 1. The van der Waals surface area contributed by atoms with Crippen molar-refractivity contribution in [1.29, 1.82) is 0 Å². The lowest BCUT2D eigenvalue weighted by atomic mass is 9.84. The summed E-state index contributed by atoms with van der Waals surface area (Å²) >= 11 is 6.26. The summed E-state index contributed by atoms with van der Waals surface area (Å²) in [6.45, 7) is 6.79. The second kappa shape index (κ2) is 5.85. The summed E-state index contributed by atoms with van der Waals surface area (Å²) in [7, 11) is 1.64. The van der Waals surface area contributed by atoms with Crippen molar-refractivity contribution in [3.8, 4) is 5.75 Å². The number of rotatable bonds is 3. The second-order valence-electron chi connectivity index (χ2n) is 6.56. The molecule has 1 fully saturated rings. The number of carbonyl (C=O) groups is 1. The van der Waals surface area contributed by atoms with Crippen LogP contribution in [0.4, 0.5) is 0 Å². The molecular formula is C16H22ClNO3. The molecule has 4 nitrogen and oxygen atoms in total. The Balaban J connectivity index is 2.45. The molecule has 2 N–H and O–H groups in total. The fourth-order valence-corrected chi connectivity index (χ4v) is 3.05. The number of benzene rings is 1. The molecule has 0 radical (unpaired) electrons. The van der Waals surface area contributed by atoms with E-state index in [9.17, 15) is 4.79 Å². The lowest BCUT2D eigenvalue weighted by Crippen LogP contribution is -2.19. The van der Waals surface area contributed by atoms with Crippen LogP contribution in [-0.2, 0) is 10.2 Å². The molecule has 0 bridgehead atoms. The monoisotopic (exact) mass is 311 g/mol. The van der Waals surface area contributed by atoms with Crippen molar-refractivity contribution in [3.05, 3.63) is 28.3 Å². The third-order valence-corrected chi connectivity index (χ3v) is 4.17. The lowest BCUT2D eigenvalue weighted by molar-refractivity contribution is -0.141. The van der Waals surface area contributed by atoms with E-state index in [2.05, 4.69) is 26.1 Å². The van der Waals surface area contributed by atoms with E-state index in [1.165, 1.54) is 0 Å². The average molecular weight is 312 g/mol. The van der Waals surface area contributed by atoms with Crippen LogP contribution >= 0.6 is 11.6 Å². The van der Waals surface area contributed by atoms with Crippen LogP contribution in [0.2, 0.25) is 5.02 Å². The number of hydrogen-bond acceptors (Lipinski definition) is 3. The van der Waals surface area contributed by atoms with Crippen LogP contribution in [0.5, 0.6) is 5.75 Å². The maximum Gasteiger partial charge on any atom is 0.307 e. The van der Waals surface area contributed by atoms with Gasteiger partial charge in [0.2, 0.25) is 0 Å².